The number of hydrogen-bond acceptors (Lipinski definition) is 5. The van der Waals surface area contributed by atoms with E-state index in [4.69, 9.17) is 9.15 Å². The maximum absolute atomic E-state index is 5.51. The van der Waals surface area contributed by atoms with Crippen LogP contribution in [0.4, 0.5) is 0 Å². The Morgan fingerprint density at radius 1 is 1.57 bits per heavy atom. The van der Waals surface area contributed by atoms with Gasteiger partial charge in [0.05, 0.1) is 12.1 Å². The summed E-state index contributed by atoms with van der Waals surface area (Å²) in [4.78, 5) is 0. The zero-order valence-corrected chi connectivity index (χ0v) is 8.49. The first-order chi connectivity index (χ1) is 6.79. The summed E-state index contributed by atoms with van der Waals surface area (Å²) < 4.78 is 10.9. The first-order valence-corrected chi connectivity index (χ1v) is 4.94. The molecule has 0 unspecified atom stereocenters. The van der Waals surface area contributed by atoms with E-state index in [9.17, 15) is 0 Å². The van der Waals surface area contributed by atoms with Crippen LogP contribution in [0.3, 0.4) is 0 Å². The molecule has 1 fully saturated rings. The van der Waals surface area contributed by atoms with Crippen LogP contribution >= 0.6 is 0 Å². The normalized spacial score (nSPS) is 27.0. The molecule has 0 amide bonds. The van der Waals surface area contributed by atoms with Crippen molar-refractivity contribution in [3.8, 4) is 0 Å². The van der Waals surface area contributed by atoms with Gasteiger partial charge in [-0.25, -0.2) is 0 Å². The van der Waals surface area contributed by atoms with Crippen LogP contribution in [0.1, 0.15) is 31.2 Å². The molecule has 0 spiro atoms. The summed E-state index contributed by atoms with van der Waals surface area (Å²) in [5.41, 5.74) is 0. The lowest BCUT2D eigenvalue weighted by atomic mass is 10.2. The predicted octanol–water partition coefficient (Wildman–Crippen LogP) is 0.818. The second-order valence-electron chi connectivity index (χ2n) is 3.43. The fraction of sp³-hybridized carbons (Fsp3) is 0.778. The van der Waals surface area contributed by atoms with E-state index in [1.165, 1.54) is 0 Å². The molecular formula is C9H15N3O2. The van der Waals surface area contributed by atoms with Gasteiger partial charge in [-0.05, 0) is 13.3 Å². The van der Waals surface area contributed by atoms with Crippen LogP contribution in [0.5, 0.6) is 0 Å². The van der Waals surface area contributed by atoms with Gasteiger partial charge in [0.25, 0.3) is 0 Å². The monoisotopic (exact) mass is 197 g/mol. The average Bonchev–Trinajstić information content (AvgIpc) is 2.74. The van der Waals surface area contributed by atoms with Crippen molar-refractivity contribution in [2.75, 3.05) is 13.2 Å². The summed E-state index contributed by atoms with van der Waals surface area (Å²) in [6.07, 6.45) is 1.19. The number of aromatic nitrogens is 2. The van der Waals surface area contributed by atoms with Crippen molar-refractivity contribution in [3.63, 3.8) is 0 Å². The molecule has 0 radical (unpaired) electrons. The van der Waals surface area contributed by atoms with Crippen LogP contribution in [0, 0.1) is 6.92 Å². The van der Waals surface area contributed by atoms with E-state index in [1.807, 2.05) is 6.92 Å². The molecule has 1 aliphatic rings. The van der Waals surface area contributed by atoms with Gasteiger partial charge >= 0.3 is 0 Å². The van der Waals surface area contributed by atoms with Crippen molar-refractivity contribution in [2.45, 2.75) is 32.4 Å². The van der Waals surface area contributed by atoms with Gasteiger partial charge in [0.15, 0.2) is 0 Å². The number of ether oxygens (including phenoxy) is 1. The predicted molar refractivity (Wildman–Crippen MR) is 49.8 cm³/mol. The van der Waals surface area contributed by atoms with E-state index in [1.54, 1.807) is 6.92 Å². The Balaban J connectivity index is 1.95. The SMILES string of the molecule is CCO[C@H]1CN[C@@H](c2nnc(C)o2)C1. The van der Waals surface area contributed by atoms with Crippen molar-refractivity contribution < 1.29 is 9.15 Å². The van der Waals surface area contributed by atoms with E-state index in [0.29, 0.717) is 11.8 Å². The molecule has 1 aromatic heterocycles. The summed E-state index contributed by atoms with van der Waals surface area (Å²) in [7, 11) is 0. The smallest absolute Gasteiger partial charge is 0.233 e. The van der Waals surface area contributed by atoms with Gasteiger partial charge in [0.2, 0.25) is 11.8 Å². The van der Waals surface area contributed by atoms with Crippen molar-refractivity contribution in [3.05, 3.63) is 11.8 Å². The molecule has 1 saturated heterocycles. The van der Waals surface area contributed by atoms with Crippen LogP contribution in [-0.2, 0) is 4.74 Å². The molecular weight excluding hydrogens is 182 g/mol. The zero-order valence-electron chi connectivity index (χ0n) is 8.49. The molecule has 0 saturated carbocycles. The number of aryl methyl sites for hydroxylation is 1. The average molecular weight is 197 g/mol. The number of rotatable bonds is 3. The van der Waals surface area contributed by atoms with E-state index in [2.05, 4.69) is 15.5 Å². The minimum Gasteiger partial charge on any atom is -0.424 e. The van der Waals surface area contributed by atoms with Crippen molar-refractivity contribution in [1.29, 1.82) is 0 Å². The van der Waals surface area contributed by atoms with Gasteiger partial charge in [-0.15, -0.1) is 10.2 Å². The molecule has 0 aromatic carbocycles. The Morgan fingerprint density at radius 3 is 3.07 bits per heavy atom. The Morgan fingerprint density at radius 2 is 2.43 bits per heavy atom. The summed E-state index contributed by atoms with van der Waals surface area (Å²) >= 11 is 0. The molecule has 14 heavy (non-hydrogen) atoms. The van der Waals surface area contributed by atoms with E-state index >= 15 is 0 Å². The Bertz CT molecular complexity index is 300. The first-order valence-electron chi connectivity index (χ1n) is 4.94. The van der Waals surface area contributed by atoms with Crippen molar-refractivity contribution in [1.82, 2.24) is 15.5 Å². The molecule has 5 nitrogen and oxygen atoms in total. The third-order valence-electron chi connectivity index (χ3n) is 2.33. The molecule has 2 atom stereocenters. The maximum Gasteiger partial charge on any atom is 0.233 e. The highest BCUT2D eigenvalue weighted by atomic mass is 16.5. The second-order valence-corrected chi connectivity index (χ2v) is 3.43. The van der Waals surface area contributed by atoms with Crippen molar-refractivity contribution >= 4 is 0 Å². The van der Waals surface area contributed by atoms with E-state index in [-0.39, 0.29) is 12.1 Å². The molecule has 0 bridgehead atoms. The van der Waals surface area contributed by atoms with Gasteiger partial charge in [-0.3, -0.25) is 0 Å². The quantitative estimate of drug-likeness (QED) is 0.777. The highest BCUT2D eigenvalue weighted by Gasteiger charge is 2.29. The topological polar surface area (TPSA) is 60.2 Å². The maximum atomic E-state index is 5.51. The summed E-state index contributed by atoms with van der Waals surface area (Å²) in [6, 6.07) is 0.160. The van der Waals surface area contributed by atoms with Crippen LogP contribution in [-0.4, -0.2) is 29.5 Å². The molecule has 1 aromatic rings. The Labute approximate surface area is 82.8 Å². The third kappa shape index (κ3) is 1.93. The lowest BCUT2D eigenvalue weighted by Gasteiger charge is -2.07. The third-order valence-corrected chi connectivity index (χ3v) is 2.33. The van der Waals surface area contributed by atoms with Crippen LogP contribution in [0.15, 0.2) is 4.42 Å². The fourth-order valence-electron chi connectivity index (χ4n) is 1.71. The fourth-order valence-corrected chi connectivity index (χ4v) is 1.71. The molecule has 1 aliphatic heterocycles. The van der Waals surface area contributed by atoms with Gasteiger partial charge < -0.3 is 14.5 Å². The highest BCUT2D eigenvalue weighted by Crippen LogP contribution is 2.23. The minimum atomic E-state index is 0.160. The van der Waals surface area contributed by atoms with E-state index < -0.39 is 0 Å². The highest BCUT2D eigenvalue weighted by molar-refractivity contribution is 4.95. The van der Waals surface area contributed by atoms with Gasteiger partial charge in [0, 0.05) is 20.1 Å². The number of nitrogens with zero attached hydrogens (tertiary/aromatic N) is 2. The Hall–Kier alpha value is -0.940. The lowest BCUT2D eigenvalue weighted by Crippen LogP contribution is -2.17. The number of nitrogens with one attached hydrogen (secondary N) is 1. The largest absolute Gasteiger partial charge is 0.424 e. The number of hydrogen-bond donors (Lipinski definition) is 1. The van der Waals surface area contributed by atoms with Gasteiger partial charge in [-0.2, -0.15) is 0 Å². The first kappa shape index (κ1) is 9.61. The Kier molecular flexibility index (Phi) is 2.79. The van der Waals surface area contributed by atoms with Crippen LogP contribution in [0.2, 0.25) is 0 Å². The van der Waals surface area contributed by atoms with Crippen LogP contribution < -0.4 is 5.32 Å². The molecule has 0 aliphatic carbocycles. The summed E-state index contributed by atoms with van der Waals surface area (Å²) in [5, 5.41) is 11.1. The lowest BCUT2D eigenvalue weighted by molar-refractivity contribution is 0.0751. The van der Waals surface area contributed by atoms with Gasteiger partial charge in [0.1, 0.15) is 0 Å². The molecule has 2 heterocycles. The molecule has 78 valence electrons. The summed E-state index contributed by atoms with van der Waals surface area (Å²) in [6.45, 7) is 5.41. The van der Waals surface area contributed by atoms with Crippen molar-refractivity contribution in [2.24, 2.45) is 0 Å². The van der Waals surface area contributed by atoms with Crippen LogP contribution in [0.25, 0.3) is 0 Å². The minimum absolute atomic E-state index is 0.160. The zero-order chi connectivity index (χ0) is 9.97. The summed E-state index contributed by atoms with van der Waals surface area (Å²) in [5.74, 6) is 1.28. The molecule has 1 N–H and O–H groups in total. The molecule has 2 rings (SSSR count). The second kappa shape index (κ2) is 4.06. The van der Waals surface area contributed by atoms with Gasteiger partial charge in [-0.1, -0.05) is 0 Å². The molecule has 5 heteroatoms. The van der Waals surface area contributed by atoms with E-state index in [0.717, 1.165) is 19.6 Å². The standard InChI is InChI=1S/C9H15N3O2/c1-3-13-7-4-8(10-5-7)9-12-11-6(2)14-9/h7-8,10H,3-5H2,1-2H3/t7-,8-/m1/s1.